The molecule has 0 atom stereocenters. The molecule has 1 heterocycles. The summed E-state index contributed by atoms with van der Waals surface area (Å²) in [5.41, 5.74) is 6.73. The summed E-state index contributed by atoms with van der Waals surface area (Å²) in [6.07, 6.45) is 8.74. The predicted molar refractivity (Wildman–Crippen MR) is 131 cm³/mol. The molecule has 1 aromatic heterocycles. The number of amides is 1. The lowest BCUT2D eigenvalue weighted by atomic mass is 9.85. The molecule has 0 aromatic carbocycles. The maximum absolute atomic E-state index is 12.4. The molecule has 9 nitrogen and oxygen atoms in total. The first kappa shape index (κ1) is 26.1. The van der Waals surface area contributed by atoms with Gasteiger partial charge in [-0.1, -0.05) is 12.8 Å². The number of carbonyl (C=O) groups excluding carboxylic acids is 1. The Balaban J connectivity index is 1.78. The van der Waals surface area contributed by atoms with E-state index in [1.807, 2.05) is 0 Å². The third-order valence-electron chi connectivity index (χ3n) is 6.70. The van der Waals surface area contributed by atoms with E-state index in [9.17, 15) is 9.90 Å². The Hall–Kier alpha value is -2.52. The van der Waals surface area contributed by atoms with Crippen molar-refractivity contribution in [3.8, 4) is 5.75 Å². The summed E-state index contributed by atoms with van der Waals surface area (Å²) >= 11 is 0. The fourth-order valence-corrected chi connectivity index (χ4v) is 4.39. The number of ether oxygens (including phenoxy) is 2. The molecule has 0 saturated heterocycles. The minimum atomic E-state index is -1.23. The van der Waals surface area contributed by atoms with E-state index in [-0.39, 0.29) is 18.4 Å². The van der Waals surface area contributed by atoms with Crippen LogP contribution in [0.15, 0.2) is 17.8 Å². The van der Waals surface area contributed by atoms with Gasteiger partial charge in [0.2, 0.25) is 0 Å². The van der Waals surface area contributed by atoms with Gasteiger partial charge in [0.05, 0.1) is 23.2 Å². The van der Waals surface area contributed by atoms with Gasteiger partial charge in [-0.05, 0) is 70.4 Å². The molecule has 0 radical (unpaired) electrons. The Bertz CT molecular complexity index is 871. The van der Waals surface area contributed by atoms with Gasteiger partial charge in [0.25, 0.3) is 0 Å². The van der Waals surface area contributed by atoms with Crippen molar-refractivity contribution in [3.63, 3.8) is 0 Å². The summed E-state index contributed by atoms with van der Waals surface area (Å²) in [5, 5.41) is 12.1. The highest BCUT2D eigenvalue weighted by atomic mass is 16.6. The second-order valence-electron chi connectivity index (χ2n) is 10.2. The summed E-state index contributed by atoms with van der Waals surface area (Å²) in [5.74, 6) is 7.12. The highest BCUT2D eigenvalue weighted by Gasteiger charge is 2.27. The van der Waals surface area contributed by atoms with Crippen molar-refractivity contribution in [2.75, 3.05) is 27.2 Å². The first-order chi connectivity index (χ1) is 16.1. The van der Waals surface area contributed by atoms with Gasteiger partial charge in [0.15, 0.2) is 0 Å². The van der Waals surface area contributed by atoms with Crippen LogP contribution in [-0.2, 0) is 10.3 Å². The number of carbonyl (C=O) groups is 1. The number of pyridine rings is 1. The molecule has 3 rings (SSSR count). The van der Waals surface area contributed by atoms with Crippen LogP contribution in [0.25, 0.3) is 5.70 Å². The third-order valence-corrected chi connectivity index (χ3v) is 6.70. The molecule has 0 bridgehead atoms. The molecule has 1 amide bonds. The molecular weight excluding hydrogens is 434 g/mol. The largest absolute Gasteiger partial charge is 0.488 e. The summed E-state index contributed by atoms with van der Waals surface area (Å²) in [6.45, 7) is 3.93. The van der Waals surface area contributed by atoms with Crippen LogP contribution < -0.4 is 16.3 Å². The van der Waals surface area contributed by atoms with Crippen LogP contribution in [-0.4, -0.2) is 59.4 Å². The van der Waals surface area contributed by atoms with E-state index in [1.165, 1.54) is 17.9 Å². The molecule has 34 heavy (non-hydrogen) atoms. The highest BCUT2D eigenvalue weighted by Crippen LogP contribution is 2.32. The molecule has 2 aliphatic rings. The van der Waals surface area contributed by atoms with Gasteiger partial charge in [0.1, 0.15) is 23.7 Å². The Morgan fingerprint density at radius 1 is 1.15 bits per heavy atom. The number of likely N-dealkylation sites (N-methyl/N-ethyl adjacent to an activating group) is 1. The van der Waals surface area contributed by atoms with Gasteiger partial charge in [-0.3, -0.25) is 0 Å². The van der Waals surface area contributed by atoms with Crippen molar-refractivity contribution in [3.05, 3.63) is 29.2 Å². The van der Waals surface area contributed by atoms with E-state index in [4.69, 9.17) is 21.1 Å². The van der Waals surface area contributed by atoms with Crippen LogP contribution in [0.5, 0.6) is 5.75 Å². The van der Waals surface area contributed by atoms with Crippen molar-refractivity contribution in [2.45, 2.75) is 76.9 Å². The van der Waals surface area contributed by atoms with E-state index in [2.05, 4.69) is 4.98 Å². The monoisotopic (exact) mass is 475 g/mol. The number of aliphatic hydroxyl groups is 1. The maximum Gasteiger partial charge on any atom is 0.409 e. The Morgan fingerprint density at radius 3 is 2.38 bits per heavy atom. The lowest BCUT2D eigenvalue weighted by Gasteiger charge is -2.30. The molecule has 0 unspecified atom stereocenters. The van der Waals surface area contributed by atoms with Crippen molar-refractivity contribution in [1.82, 2.24) is 14.9 Å². The van der Waals surface area contributed by atoms with Gasteiger partial charge in [-0.15, -0.1) is 0 Å². The zero-order valence-corrected chi connectivity index (χ0v) is 21.0. The zero-order chi connectivity index (χ0) is 24.9. The Labute approximate surface area is 203 Å². The molecule has 2 saturated carbocycles. The lowest BCUT2D eigenvalue weighted by molar-refractivity contribution is 0.0646. The number of nitrogens with zero attached hydrogens (tertiary/aromatic N) is 3. The van der Waals surface area contributed by atoms with Crippen molar-refractivity contribution in [1.29, 1.82) is 0 Å². The van der Waals surface area contributed by atoms with Gasteiger partial charge in [-0.25, -0.2) is 15.6 Å². The van der Waals surface area contributed by atoms with Gasteiger partial charge in [-0.2, -0.15) is 0 Å². The topological polar surface area (TPSA) is 127 Å². The Kier molecular flexibility index (Phi) is 8.65. The fourth-order valence-electron chi connectivity index (χ4n) is 4.39. The minimum Gasteiger partial charge on any atom is -0.488 e. The highest BCUT2D eigenvalue weighted by molar-refractivity contribution is 5.68. The molecule has 0 spiro atoms. The first-order valence-corrected chi connectivity index (χ1v) is 12.3. The van der Waals surface area contributed by atoms with Crippen molar-refractivity contribution >= 4 is 11.8 Å². The standard InChI is InChI=1S/C25H41N5O4/c1-25(2,32)23-21(34-18-11-6-5-7-12-18)14-13-19(28-23)22(26)20(30(4)27)16-33-24(31)29(3)15-17-9-8-10-17/h13-14,17-18,32H,5-12,15-16,26-27H2,1-4H3/b22-20-. The van der Waals surface area contributed by atoms with Crippen molar-refractivity contribution < 1.29 is 19.4 Å². The summed E-state index contributed by atoms with van der Waals surface area (Å²) in [4.78, 5) is 18.7. The van der Waals surface area contributed by atoms with Crippen LogP contribution in [0, 0.1) is 5.92 Å². The molecule has 2 aliphatic carbocycles. The normalized spacial score (nSPS) is 18.1. The van der Waals surface area contributed by atoms with Crippen LogP contribution in [0.2, 0.25) is 0 Å². The third kappa shape index (κ3) is 6.76. The molecular formula is C25H41N5O4. The molecule has 2 fully saturated rings. The number of hydrazine groups is 1. The second-order valence-corrected chi connectivity index (χ2v) is 10.2. The van der Waals surface area contributed by atoms with E-state index in [0.29, 0.717) is 35.3 Å². The molecule has 1 aromatic rings. The van der Waals surface area contributed by atoms with Crippen LogP contribution in [0.3, 0.4) is 0 Å². The molecule has 9 heteroatoms. The van der Waals surface area contributed by atoms with Gasteiger partial charge < -0.3 is 30.2 Å². The SMILES string of the molecule is CN(CC1CCC1)C(=O)OC/C(=C(/N)c1ccc(OC2CCCCC2)c(C(C)(C)O)n1)N(C)N. The predicted octanol–water partition coefficient (Wildman–Crippen LogP) is 3.32. The van der Waals surface area contributed by atoms with E-state index >= 15 is 0 Å². The number of nitrogens with two attached hydrogens (primary N) is 2. The number of hydrogen-bond acceptors (Lipinski definition) is 8. The summed E-state index contributed by atoms with van der Waals surface area (Å²) in [7, 11) is 3.37. The van der Waals surface area contributed by atoms with Crippen LogP contribution >= 0.6 is 0 Å². The Morgan fingerprint density at radius 2 is 1.82 bits per heavy atom. The second kappa shape index (κ2) is 11.3. The number of rotatable bonds is 9. The molecule has 0 aliphatic heterocycles. The minimum absolute atomic E-state index is 0.0907. The number of hydrogen-bond donors (Lipinski definition) is 3. The molecule has 5 N–H and O–H groups in total. The van der Waals surface area contributed by atoms with E-state index in [1.54, 1.807) is 45.0 Å². The quantitative estimate of drug-likeness (QED) is 0.367. The van der Waals surface area contributed by atoms with Crippen LogP contribution in [0.4, 0.5) is 4.79 Å². The van der Waals surface area contributed by atoms with Gasteiger partial charge in [0, 0.05) is 20.6 Å². The summed E-state index contributed by atoms with van der Waals surface area (Å²) in [6, 6.07) is 3.54. The van der Waals surface area contributed by atoms with Gasteiger partial charge >= 0.3 is 6.09 Å². The fraction of sp³-hybridized carbons (Fsp3) is 0.680. The average Bonchev–Trinajstić information content (AvgIpc) is 2.76. The smallest absolute Gasteiger partial charge is 0.409 e. The van der Waals surface area contributed by atoms with Crippen molar-refractivity contribution in [2.24, 2.45) is 17.5 Å². The molecule has 190 valence electrons. The number of aromatic nitrogens is 1. The zero-order valence-electron chi connectivity index (χ0n) is 21.0. The maximum atomic E-state index is 12.4. The first-order valence-electron chi connectivity index (χ1n) is 12.3. The van der Waals surface area contributed by atoms with E-state index in [0.717, 1.165) is 38.5 Å². The lowest BCUT2D eigenvalue weighted by Crippen LogP contribution is -2.37. The average molecular weight is 476 g/mol. The summed E-state index contributed by atoms with van der Waals surface area (Å²) < 4.78 is 11.7. The van der Waals surface area contributed by atoms with E-state index < -0.39 is 11.7 Å². The van der Waals surface area contributed by atoms with Crippen LogP contribution in [0.1, 0.15) is 76.6 Å².